The van der Waals surface area contributed by atoms with Crippen LogP contribution >= 0.6 is 11.3 Å². The summed E-state index contributed by atoms with van der Waals surface area (Å²) in [7, 11) is 0. The van der Waals surface area contributed by atoms with E-state index in [0.717, 1.165) is 12.2 Å². The van der Waals surface area contributed by atoms with E-state index in [4.69, 9.17) is 0 Å². The van der Waals surface area contributed by atoms with E-state index in [0.29, 0.717) is 0 Å². The van der Waals surface area contributed by atoms with Gasteiger partial charge in [0.1, 0.15) is 5.01 Å². The van der Waals surface area contributed by atoms with Crippen LogP contribution in [0.4, 0.5) is 0 Å². The molecule has 0 saturated carbocycles. The Kier molecular flexibility index (Phi) is 6.87. The largest absolute Gasteiger partial charge is 0.306 e. The predicted molar refractivity (Wildman–Crippen MR) is 81.3 cm³/mol. The third-order valence-electron chi connectivity index (χ3n) is 3.44. The molecule has 1 aromatic heterocycles. The number of aryl methyl sites for hydroxylation is 1. The van der Waals surface area contributed by atoms with Crippen molar-refractivity contribution in [3.8, 4) is 0 Å². The summed E-state index contributed by atoms with van der Waals surface area (Å²) in [4.78, 5) is 4.67. The second-order valence-electron chi connectivity index (χ2n) is 5.32. The molecule has 0 saturated heterocycles. The third-order valence-corrected chi connectivity index (χ3v) is 4.66. The average Bonchev–Trinajstić information content (AvgIpc) is 2.77. The topological polar surface area (TPSA) is 24.9 Å². The van der Waals surface area contributed by atoms with Gasteiger partial charge >= 0.3 is 0 Å². The predicted octanol–water partition coefficient (Wildman–Crippen LogP) is 4.64. The van der Waals surface area contributed by atoms with Crippen molar-refractivity contribution in [2.45, 2.75) is 71.8 Å². The van der Waals surface area contributed by atoms with E-state index in [1.165, 1.54) is 43.5 Å². The lowest BCUT2D eigenvalue weighted by molar-refractivity contribution is 0.331. The van der Waals surface area contributed by atoms with Crippen LogP contribution in [-0.2, 0) is 5.54 Å². The van der Waals surface area contributed by atoms with Gasteiger partial charge in [0.2, 0.25) is 0 Å². The lowest BCUT2D eigenvalue weighted by Gasteiger charge is -2.28. The number of rotatable bonds is 9. The maximum atomic E-state index is 4.67. The molecule has 0 aromatic carbocycles. The molecule has 104 valence electrons. The Morgan fingerprint density at radius 3 is 2.50 bits per heavy atom. The zero-order chi connectivity index (χ0) is 13.4. The SMILES string of the molecule is CCCCCCCC(C)(NCC)c1nc(C)cs1. The maximum Gasteiger partial charge on any atom is 0.113 e. The highest BCUT2D eigenvalue weighted by molar-refractivity contribution is 7.09. The van der Waals surface area contributed by atoms with Crippen LogP contribution in [0.5, 0.6) is 0 Å². The fraction of sp³-hybridized carbons (Fsp3) is 0.800. The highest BCUT2D eigenvalue weighted by Crippen LogP contribution is 2.29. The van der Waals surface area contributed by atoms with Crippen molar-refractivity contribution in [3.63, 3.8) is 0 Å². The summed E-state index contributed by atoms with van der Waals surface area (Å²) in [6.07, 6.45) is 7.89. The van der Waals surface area contributed by atoms with Gasteiger partial charge in [0, 0.05) is 11.1 Å². The number of hydrogen-bond donors (Lipinski definition) is 1. The fourth-order valence-electron chi connectivity index (χ4n) is 2.35. The molecule has 0 fully saturated rings. The minimum absolute atomic E-state index is 0.0693. The summed E-state index contributed by atoms with van der Waals surface area (Å²) in [5.74, 6) is 0. The Morgan fingerprint density at radius 1 is 1.22 bits per heavy atom. The first-order valence-electron chi connectivity index (χ1n) is 7.30. The van der Waals surface area contributed by atoms with Gasteiger partial charge in [-0.05, 0) is 26.8 Å². The highest BCUT2D eigenvalue weighted by Gasteiger charge is 2.27. The van der Waals surface area contributed by atoms with Gasteiger partial charge in [0.05, 0.1) is 5.54 Å². The summed E-state index contributed by atoms with van der Waals surface area (Å²) in [6.45, 7) is 9.82. The van der Waals surface area contributed by atoms with E-state index in [-0.39, 0.29) is 5.54 Å². The minimum atomic E-state index is 0.0693. The first-order valence-corrected chi connectivity index (χ1v) is 8.18. The van der Waals surface area contributed by atoms with Crippen LogP contribution in [0.15, 0.2) is 5.38 Å². The second-order valence-corrected chi connectivity index (χ2v) is 6.18. The first-order chi connectivity index (χ1) is 8.62. The molecule has 1 aromatic rings. The molecule has 0 radical (unpaired) electrons. The quantitative estimate of drug-likeness (QED) is 0.660. The van der Waals surface area contributed by atoms with Crippen molar-refractivity contribution in [3.05, 3.63) is 16.1 Å². The summed E-state index contributed by atoms with van der Waals surface area (Å²) in [6, 6.07) is 0. The molecule has 18 heavy (non-hydrogen) atoms. The van der Waals surface area contributed by atoms with Crippen molar-refractivity contribution in [2.24, 2.45) is 0 Å². The van der Waals surface area contributed by atoms with Crippen LogP contribution in [0.1, 0.15) is 70.0 Å². The van der Waals surface area contributed by atoms with Crippen molar-refractivity contribution >= 4 is 11.3 Å². The number of hydrogen-bond acceptors (Lipinski definition) is 3. The van der Waals surface area contributed by atoms with Crippen molar-refractivity contribution < 1.29 is 0 Å². The Morgan fingerprint density at radius 2 is 1.94 bits per heavy atom. The molecular formula is C15H28N2S. The zero-order valence-corrected chi connectivity index (χ0v) is 13.2. The van der Waals surface area contributed by atoms with Gasteiger partial charge in [-0.25, -0.2) is 4.98 Å². The van der Waals surface area contributed by atoms with Gasteiger partial charge in [0.15, 0.2) is 0 Å². The van der Waals surface area contributed by atoms with E-state index in [2.05, 4.69) is 43.4 Å². The highest BCUT2D eigenvalue weighted by atomic mass is 32.1. The van der Waals surface area contributed by atoms with Gasteiger partial charge in [-0.3, -0.25) is 0 Å². The molecule has 0 amide bonds. The van der Waals surface area contributed by atoms with Crippen LogP contribution in [-0.4, -0.2) is 11.5 Å². The number of nitrogens with one attached hydrogen (secondary N) is 1. The first kappa shape index (κ1) is 15.6. The lowest BCUT2D eigenvalue weighted by atomic mass is 9.94. The number of unbranched alkanes of at least 4 members (excludes halogenated alkanes) is 4. The molecule has 0 aliphatic heterocycles. The smallest absolute Gasteiger partial charge is 0.113 e. The maximum absolute atomic E-state index is 4.67. The van der Waals surface area contributed by atoms with E-state index in [1.807, 2.05) is 0 Å². The molecule has 0 spiro atoms. The summed E-state index contributed by atoms with van der Waals surface area (Å²) >= 11 is 1.79. The lowest BCUT2D eigenvalue weighted by Crippen LogP contribution is -2.39. The summed E-state index contributed by atoms with van der Waals surface area (Å²) in [5, 5.41) is 7.03. The molecule has 0 aliphatic rings. The molecular weight excluding hydrogens is 240 g/mol. The molecule has 1 heterocycles. The normalized spacial score (nSPS) is 14.7. The third kappa shape index (κ3) is 4.69. The standard InChI is InChI=1S/C15H28N2S/c1-5-7-8-9-10-11-15(4,16-6-2)14-17-13(3)12-18-14/h12,16H,5-11H2,1-4H3. The van der Waals surface area contributed by atoms with E-state index in [9.17, 15) is 0 Å². The zero-order valence-electron chi connectivity index (χ0n) is 12.4. The Labute approximate surface area is 116 Å². The Bertz CT molecular complexity index is 335. The molecule has 3 heteroatoms. The molecule has 0 aliphatic carbocycles. The van der Waals surface area contributed by atoms with Crippen LogP contribution in [0.25, 0.3) is 0 Å². The molecule has 0 bridgehead atoms. The molecule has 1 atom stereocenters. The van der Waals surface area contributed by atoms with Gasteiger partial charge in [-0.15, -0.1) is 11.3 Å². The Balaban J connectivity index is 2.52. The molecule has 1 unspecified atom stereocenters. The van der Waals surface area contributed by atoms with Gasteiger partial charge in [-0.1, -0.05) is 46.0 Å². The average molecular weight is 268 g/mol. The van der Waals surface area contributed by atoms with Crippen LogP contribution in [0.3, 0.4) is 0 Å². The molecule has 2 nitrogen and oxygen atoms in total. The summed E-state index contributed by atoms with van der Waals surface area (Å²) in [5.41, 5.74) is 1.21. The van der Waals surface area contributed by atoms with Crippen molar-refractivity contribution in [1.29, 1.82) is 0 Å². The van der Waals surface area contributed by atoms with Crippen molar-refractivity contribution in [1.82, 2.24) is 10.3 Å². The number of aromatic nitrogens is 1. The number of thiazole rings is 1. The van der Waals surface area contributed by atoms with Gasteiger partial charge < -0.3 is 5.32 Å². The van der Waals surface area contributed by atoms with Crippen LogP contribution < -0.4 is 5.32 Å². The summed E-state index contributed by atoms with van der Waals surface area (Å²) < 4.78 is 0. The van der Waals surface area contributed by atoms with E-state index in [1.54, 1.807) is 11.3 Å². The Hall–Kier alpha value is -0.410. The molecule has 1 rings (SSSR count). The monoisotopic (exact) mass is 268 g/mol. The fourth-order valence-corrected chi connectivity index (χ4v) is 3.32. The minimum Gasteiger partial charge on any atom is -0.306 e. The van der Waals surface area contributed by atoms with E-state index >= 15 is 0 Å². The number of nitrogens with zero attached hydrogens (tertiary/aromatic N) is 1. The van der Waals surface area contributed by atoms with Crippen LogP contribution in [0, 0.1) is 6.92 Å². The van der Waals surface area contributed by atoms with E-state index < -0.39 is 0 Å². The van der Waals surface area contributed by atoms with Gasteiger partial charge in [0.25, 0.3) is 0 Å². The van der Waals surface area contributed by atoms with Crippen LogP contribution in [0.2, 0.25) is 0 Å². The van der Waals surface area contributed by atoms with Crippen molar-refractivity contribution in [2.75, 3.05) is 6.54 Å². The van der Waals surface area contributed by atoms with Gasteiger partial charge in [-0.2, -0.15) is 0 Å². The second kappa shape index (κ2) is 7.90. The molecule has 1 N–H and O–H groups in total.